The molecule has 1 fully saturated rings. The normalized spacial score (nSPS) is 18.8. The molecule has 0 saturated carbocycles. The number of ketones is 1. The largest absolute Gasteiger partial charge is 0.311 e. The Morgan fingerprint density at radius 1 is 1.44 bits per heavy atom. The monoisotopic (exact) mass is 241 g/mol. The van der Waals surface area contributed by atoms with Gasteiger partial charge in [-0.05, 0) is 24.3 Å². The van der Waals surface area contributed by atoms with Crippen molar-refractivity contribution in [3.63, 3.8) is 0 Å². The molecule has 0 aromatic heterocycles. The third kappa shape index (κ3) is 2.28. The van der Waals surface area contributed by atoms with Crippen molar-refractivity contribution in [3.8, 4) is 12.3 Å². The Balaban J connectivity index is 2.18. The summed E-state index contributed by atoms with van der Waals surface area (Å²) in [7, 11) is 0. The molecule has 0 aliphatic carbocycles. The second-order valence-electron chi connectivity index (χ2n) is 4.40. The quantitative estimate of drug-likeness (QED) is 0.601. The number of rotatable bonds is 3. The number of anilines is 1. The number of terminal acetylenes is 1. The number of amides is 1. The summed E-state index contributed by atoms with van der Waals surface area (Å²) in [4.78, 5) is 25.0. The molecule has 1 unspecified atom stereocenters. The summed E-state index contributed by atoms with van der Waals surface area (Å²) in [5, 5.41) is 0. The number of nitrogens with zero attached hydrogens (tertiary/aromatic N) is 1. The van der Waals surface area contributed by atoms with Gasteiger partial charge in [-0.2, -0.15) is 0 Å². The molecular weight excluding hydrogens is 226 g/mol. The molecule has 18 heavy (non-hydrogen) atoms. The van der Waals surface area contributed by atoms with E-state index in [1.807, 2.05) is 6.92 Å². The number of hydrogen-bond acceptors (Lipinski definition) is 2. The summed E-state index contributed by atoms with van der Waals surface area (Å²) in [6.45, 7) is 2.40. The van der Waals surface area contributed by atoms with E-state index in [4.69, 9.17) is 6.42 Å². The summed E-state index contributed by atoms with van der Waals surface area (Å²) in [6, 6.07) is 7.13. The molecule has 1 aliphatic heterocycles. The van der Waals surface area contributed by atoms with Gasteiger partial charge in [0.15, 0.2) is 5.78 Å². The summed E-state index contributed by atoms with van der Waals surface area (Å²) in [6.07, 6.45) is 6.24. The zero-order valence-corrected chi connectivity index (χ0v) is 10.3. The highest BCUT2D eigenvalue weighted by atomic mass is 16.2. The van der Waals surface area contributed by atoms with Crippen molar-refractivity contribution in [2.75, 3.05) is 11.4 Å². The Morgan fingerprint density at radius 2 is 2.11 bits per heavy atom. The van der Waals surface area contributed by atoms with Crippen LogP contribution in [0.3, 0.4) is 0 Å². The van der Waals surface area contributed by atoms with E-state index in [2.05, 4.69) is 5.92 Å². The molecule has 1 aromatic carbocycles. The number of hydrogen-bond donors (Lipinski definition) is 0. The molecule has 0 N–H and O–H groups in total. The van der Waals surface area contributed by atoms with Gasteiger partial charge < -0.3 is 4.90 Å². The molecule has 1 saturated heterocycles. The van der Waals surface area contributed by atoms with Gasteiger partial charge in [0.1, 0.15) is 0 Å². The first-order valence-electron chi connectivity index (χ1n) is 6.05. The number of Topliss-reactive ketones (excluding diaryl/α,β-unsaturated/α-hetero) is 1. The van der Waals surface area contributed by atoms with E-state index in [-0.39, 0.29) is 17.6 Å². The fourth-order valence-corrected chi connectivity index (χ4v) is 2.10. The van der Waals surface area contributed by atoms with Gasteiger partial charge in [0, 0.05) is 36.6 Å². The number of carbonyl (C=O) groups is 2. The molecule has 92 valence electrons. The van der Waals surface area contributed by atoms with Gasteiger partial charge in [0.2, 0.25) is 5.91 Å². The van der Waals surface area contributed by atoms with Crippen molar-refractivity contribution >= 4 is 17.4 Å². The molecule has 1 heterocycles. The molecule has 0 spiro atoms. The van der Waals surface area contributed by atoms with Crippen LogP contribution < -0.4 is 4.90 Å². The zero-order chi connectivity index (χ0) is 13.1. The van der Waals surface area contributed by atoms with Crippen LogP contribution in [-0.4, -0.2) is 18.2 Å². The van der Waals surface area contributed by atoms with Crippen molar-refractivity contribution < 1.29 is 9.59 Å². The second-order valence-corrected chi connectivity index (χ2v) is 4.40. The summed E-state index contributed by atoms with van der Waals surface area (Å²) < 4.78 is 0. The fraction of sp³-hybridized carbons (Fsp3) is 0.333. The van der Waals surface area contributed by atoms with Crippen molar-refractivity contribution in [3.05, 3.63) is 29.8 Å². The third-order valence-electron chi connectivity index (χ3n) is 3.18. The van der Waals surface area contributed by atoms with Crippen LogP contribution in [0.25, 0.3) is 0 Å². The minimum atomic E-state index is -0.00514. The molecule has 1 amide bonds. The SMILES string of the molecule is C#CC1CC(=O)N(c2ccc(C(=O)CC)cc2)C1. The zero-order valence-electron chi connectivity index (χ0n) is 10.3. The Hall–Kier alpha value is -2.08. The Labute approximate surface area is 107 Å². The molecule has 3 nitrogen and oxygen atoms in total. The van der Waals surface area contributed by atoms with Crippen LogP contribution in [0.5, 0.6) is 0 Å². The van der Waals surface area contributed by atoms with Crippen molar-refractivity contribution in [1.82, 2.24) is 0 Å². The third-order valence-corrected chi connectivity index (χ3v) is 3.18. The Morgan fingerprint density at radius 3 is 2.61 bits per heavy atom. The van der Waals surface area contributed by atoms with Crippen molar-refractivity contribution in [1.29, 1.82) is 0 Å². The van der Waals surface area contributed by atoms with E-state index in [0.29, 0.717) is 24.9 Å². The maximum Gasteiger partial charge on any atom is 0.228 e. The molecule has 2 rings (SSSR count). The van der Waals surface area contributed by atoms with Crippen molar-refractivity contribution in [2.45, 2.75) is 19.8 Å². The lowest BCUT2D eigenvalue weighted by molar-refractivity contribution is -0.117. The van der Waals surface area contributed by atoms with E-state index >= 15 is 0 Å². The molecule has 1 aromatic rings. The predicted octanol–water partition coefficient (Wildman–Crippen LogP) is 2.27. The predicted molar refractivity (Wildman–Crippen MR) is 70.4 cm³/mol. The smallest absolute Gasteiger partial charge is 0.228 e. The molecule has 0 bridgehead atoms. The van der Waals surface area contributed by atoms with Crippen LogP contribution in [-0.2, 0) is 4.79 Å². The first kappa shape index (κ1) is 12.4. The number of carbonyl (C=O) groups excluding carboxylic acids is 2. The van der Waals surface area contributed by atoms with Crippen LogP contribution >= 0.6 is 0 Å². The van der Waals surface area contributed by atoms with Crippen molar-refractivity contribution in [2.24, 2.45) is 5.92 Å². The van der Waals surface area contributed by atoms with E-state index in [9.17, 15) is 9.59 Å². The lowest BCUT2D eigenvalue weighted by Gasteiger charge is -2.16. The standard InChI is InChI=1S/C15H15NO2/c1-3-11-9-15(18)16(10-11)13-7-5-12(6-8-13)14(17)4-2/h1,5-8,11H,4,9-10H2,2H3. The van der Waals surface area contributed by atoms with Gasteiger partial charge in [-0.15, -0.1) is 12.3 Å². The fourth-order valence-electron chi connectivity index (χ4n) is 2.10. The molecular formula is C15H15NO2. The number of benzene rings is 1. The van der Waals surface area contributed by atoms with Gasteiger partial charge in [-0.1, -0.05) is 6.92 Å². The maximum absolute atomic E-state index is 11.8. The highest BCUT2D eigenvalue weighted by Gasteiger charge is 2.29. The van der Waals surface area contributed by atoms with Gasteiger partial charge in [-0.3, -0.25) is 9.59 Å². The molecule has 0 radical (unpaired) electrons. The average molecular weight is 241 g/mol. The van der Waals surface area contributed by atoms with E-state index in [1.54, 1.807) is 29.2 Å². The summed E-state index contributed by atoms with van der Waals surface area (Å²) in [5.41, 5.74) is 1.49. The van der Waals surface area contributed by atoms with E-state index in [0.717, 1.165) is 5.69 Å². The summed E-state index contributed by atoms with van der Waals surface area (Å²) >= 11 is 0. The minimum absolute atomic E-state index is 0.00514. The topological polar surface area (TPSA) is 37.4 Å². The second kappa shape index (κ2) is 5.05. The van der Waals surface area contributed by atoms with Crippen LogP contribution in [0.4, 0.5) is 5.69 Å². The maximum atomic E-state index is 11.8. The van der Waals surface area contributed by atoms with Gasteiger partial charge >= 0.3 is 0 Å². The van der Waals surface area contributed by atoms with Crippen LogP contribution in [0.1, 0.15) is 30.1 Å². The lowest BCUT2D eigenvalue weighted by atomic mass is 10.1. The highest BCUT2D eigenvalue weighted by molar-refractivity contribution is 5.98. The average Bonchev–Trinajstić information content (AvgIpc) is 2.79. The molecule has 1 atom stereocenters. The van der Waals surface area contributed by atoms with E-state index < -0.39 is 0 Å². The van der Waals surface area contributed by atoms with Crippen LogP contribution in [0, 0.1) is 18.3 Å². The first-order chi connectivity index (χ1) is 8.65. The Bertz CT molecular complexity index is 510. The lowest BCUT2D eigenvalue weighted by Crippen LogP contribution is -2.24. The van der Waals surface area contributed by atoms with Gasteiger partial charge in [0.05, 0.1) is 0 Å². The highest BCUT2D eigenvalue weighted by Crippen LogP contribution is 2.25. The Kier molecular flexibility index (Phi) is 3.47. The van der Waals surface area contributed by atoms with Gasteiger partial charge in [-0.25, -0.2) is 0 Å². The minimum Gasteiger partial charge on any atom is -0.311 e. The van der Waals surface area contributed by atoms with Gasteiger partial charge in [0.25, 0.3) is 0 Å². The van der Waals surface area contributed by atoms with Crippen LogP contribution in [0.2, 0.25) is 0 Å². The summed E-state index contributed by atoms with van der Waals surface area (Å²) in [5.74, 6) is 2.77. The first-order valence-corrected chi connectivity index (χ1v) is 6.05. The van der Waals surface area contributed by atoms with E-state index in [1.165, 1.54) is 0 Å². The molecule has 3 heteroatoms. The molecule has 1 aliphatic rings. The van der Waals surface area contributed by atoms with Crippen LogP contribution in [0.15, 0.2) is 24.3 Å².